The number of imide groups is 1. The van der Waals surface area contributed by atoms with Gasteiger partial charge < -0.3 is 4.18 Å². The van der Waals surface area contributed by atoms with Crippen molar-refractivity contribution in [2.45, 2.75) is 48.8 Å². The van der Waals surface area contributed by atoms with E-state index in [9.17, 15) is 67.2 Å². The minimum atomic E-state index is -7.65. The highest BCUT2D eigenvalue weighted by molar-refractivity contribution is 7.88. The lowest BCUT2D eigenvalue weighted by Gasteiger charge is -2.28. The van der Waals surface area contributed by atoms with E-state index in [4.69, 9.17) is 11.6 Å². The number of carbonyl (C=O) groups excluding carboxylic acids is 2. The summed E-state index contributed by atoms with van der Waals surface area (Å²) in [6, 6.07) is 5.39. The van der Waals surface area contributed by atoms with Gasteiger partial charge in [-0.15, -0.1) is 5.10 Å². The predicted molar refractivity (Wildman–Crippen MR) is 136 cm³/mol. The molecular weight excluding hydrogens is 710 g/mol. The Kier molecular flexibility index (Phi) is 8.38. The first kappa shape index (κ1) is 35.5. The molecule has 0 N–H and O–H groups in total. The second-order valence-electron chi connectivity index (χ2n) is 9.92. The predicted octanol–water partition coefficient (Wildman–Crippen LogP) is 5.49. The van der Waals surface area contributed by atoms with Gasteiger partial charge in [-0.2, -0.15) is 58.3 Å². The number of amides is 2. The quantitative estimate of drug-likeness (QED) is 0.230. The maximum Gasteiger partial charge on any atom is 0.450 e. The van der Waals surface area contributed by atoms with Gasteiger partial charge in [0.2, 0.25) is 5.91 Å². The smallest absolute Gasteiger partial charge is 0.356 e. The monoisotopic (exact) mass is 724 g/mol. The van der Waals surface area contributed by atoms with Crippen LogP contribution in [0.4, 0.5) is 43.9 Å². The highest BCUT2D eigenvalue weighted by atomic mass is 35.5. The van der Waals surface area contributed by atoms with E-state index in [1.54, 1.807) is 0 Å². The molecule has 0 unspecified atom stereocenters. The van der Waals surface area contributed by atoms with E-state index in [2.05, 4.69) is 14.4 Å². The van der Waals surface area contributed by atoms with Crippen LogP contribution in [-0.2, 0) is 28.1 Å². The van der Waals surface area contributed by atoms with Crippen LogP contribution in [-0.4, -0.2) is 67.6 Å². The van der Waals surface area contributed by atoms with E-state index in [1.165, 1.54) is 6.07 Å². The summed E-state index contributed by atoms with van der Waals surface area (Å²) in [4.78, 5) is 26.2. The fraction of sp³-hybridized carbons (Fsp3) is 0.375. The normalized spacial score (nSPS) is 15.2. The molecule has 23 heteroatoms. The zero-order chi connectivity index (χ0) is 35.7. The summed E-state index contributed by atoms with van der Waals surface area (Å²) in [6.07, 6.45) is -18.2. The standard InChI is InChI=1S/C24H15ClF10N6O5S/c1-11(42)41(20(10-36)5-6-20)19(43)14-7-12(3-4-15(14)25)13-8-37-40(9-13)18-16(21(26,27)28)17(38-39(18)2)46-47(44,45)22(29,23(30,31)32)24(33,34)35/h3-4,7-9H,5-6H2,1-2H3. The van der Waals surface area contributed by atoms with Gasteiger partial charge in [0, 0.05) is 25.7 Å². The largest absolute Gasteiger partial charge is 0.450 e. The highest BCUT2D eigenvalue weighted by Gasteiger charge is 2.82. The van der Waals surface area contributed by atoms with Gasteiger partial charge in [0.1, 0.15) is 5.54 Å². The number of alkyl halides is 10. The molecule has 2 amide bonds. The zero-order valence-electron chi connectivity index (χ0n) is 23.1. The van der Waals surface area contributed by atoms with Gasteiger partial charge in [-0.25, -0.2) is 13.8 Å². The van der Waals surface area contributed by atoms with Crippen LogP contribution in [0, 0.1) is 11.3 Å². The molecule has 11 nitrogen and oxygen atoms in total. The fourth-order valence-electron chi connectivity index (χ4n) is 4.39. The number of rotatable bonds is 7. The van der Waals surface area contributed by atoms with Gasteiger partial charge in [-0.05, 0) is 30.5 Å². The van der Waals surface area contributed by atoms with E-state index in [0.717, 1.165) is 31.5 Å². The Morgan fingerprint density at radius 1 is 1.04 bits per heavy atom. The SMILES string of the molecule is CC(=O)N(C(=O)c1cc(-c2cnn(-c3c(C(F)(F)F)c(OS(=O)(=O)C(F)(C(F)(F)F)C(F)(F)F)nn3C)c2)ccc1Cl)C1(C#N)CC1. The van der Waals surface area contributed by atoms with Crippen LogP contribution in [0.15, 0.2) is 30.6 Å². The molecule has 2 aromatic heterocycles. The second kappa shape index (κ2) is 11.1. The number of hydrogen-bond donors (Lipinski definition) is 0. The lowest BCUT2D eigenvalue weighted by molar-refractivity contribution is -0.307. The van der Waals surface area contributed by atoms with Crippen LogP contribution in [0.5, 0.6) is 5.88 Å². The molecule has 1 aromatic carbocycles. The average molecular weight is 725 g/mol. The van der Waals surface area contributed by atoms with Crippen LogP contribution >= 0.6 is 11.6 Å². The maximum absolute atomic E-state index is 14.3. The first-order chi connectivity index (χ1) is 21.3. The molecule has 2 heterocycles. The van der Waals surface area contributed by atoms with Crippen molar-refractivity contribution in [2.75, 3.05) is 0 Å². The maximum atomic E-state index is 14.3. The van der Waals surface area contributed by atoms with Gasteiger partial charge >= 0.3 is 33.6 Å². The topological polar surface area (TPSA) is 140 Å². The molecule has 254 valence electrons. The van der Waals surface area contributed by atoms with Crippen molar-refractivity contribution in [1.82, 2.24) is 24.5 Å². The summed E-state index contributed by atoms with van der Waals surface area (Å²) in [5, 5.41) is 8.70. The Bertz CT molecular complexity index is 1910. The molecule has 1 aliphatic rings. The lowest BCUT2D eigenvalue weighted by atomic mass is 10.0. The van der Waals surface area contributed by atoms with Crippen LogP contribution in [0.25, 0.3) is 16.9 Å². The number of halogens is 11. The lowest BCUT2D eigenvalue weighted by Crippen LogP contribution is -2.60. The Morgan fingerprint density at radius 3 is 2.09 bits per heavy atom. The number of nitriles is 1. The summed E-state index contributed by atoms with van der Waals surface area (Å²) < 4.78 is 163. The molecule has 0 bridgehead atoms. The summed E-state index contributed by atoms with van der Waals surface area (Å²) in [6.45, 7) is 1.03. The van der Waals surface area contributed by atoms with Gasteiger partial charge in [0.15, 0.2) is 11.4 Å². The number of aryl methyl sites for hydroxylation is 1. The average Bonchev–Trinajstić information content (AvgIpc) is 3.40. The third kappa shape index (κ3) is 5.85. The van der Waals surface area contributed by atoms with Crippen molar-refractivity contribution in [3.05, 3.63) is 46.7 Å². The summed E-state index contributed by atoms with van der Waals surface area (Å²) >= 11 is 6.15. The summed E-state index contributed by atoms with van der Waals surface area (Å²) in [5.74, 6) is -5.46. The molecule has 0 spiro atoms. The molecule has 1 fully saturated rings. The van der Waals surface area contributed by atoms with Crippen molar-refractivity contribution in [1.29, 1.82) is 5.26 Å². The molecule has 4 rings (SSSR count). The van der Waals surface area contributed by atoms with Gasteiger partial charge in [0.05, 0.1) is 22.9 Å². The van der Waals surface area contributed by atoms with Crippen LogP contribution in [0.1, 0.15) is 35.7 Å². The van der Waals surface area contributed by atoms with Crippen LogP contribution in [0.3, 0.4) is 0 Å². The second-order valence-corrected chi connectivity index (χ2v) is 12.0. The molecule has 0 radical (unpaired) electrons. The Hall–Kier alpha value is -4.39. The minimum Gasteiger partial charge on any atom is -0.356 e. The summed E-state index contributed by atoms with van der Waals surface area (Å²) in [7, 11) is -7.00. The molecule has 1 aliphatic carbocycles. The minimum absolute atomic E-state index is 0.0154. The van der Waals surface area contributed by atoms with E-state index in [1.807, 2.05) is 6.07 Å². The van der Waals surface area contributed by atoms with E-state index in [0.29, 0.717) is 16.6 Å². The van der Waals surface area contributed by atoms with Crippen molar-refractivity contribution in [2.24, 2.45) is 7.05 Å². The fourth-order valence-corrected chi connectivity index (χ4v) is 5.59. The third-order valence-electron chi connectivity index (χ3n) is 6.74. The van der Waals surface area contributed by atoms with Gasteiger partial charge in [-0.1, -0.05) is 17.7 Å². The first-order valence-electron chi connectivity index (χ1n) is 12.3. The molecule has 0 aliphatic heterocycles. The molecule has 0 atom stereocenters. The molecular formula is C24H15ClF10N6O5S. The molecule has 3 aromatic rings. The van der Waals surface area contributed by atoms with E-state index < -0.39 is 68.3 Å². The zero-order valence-corrected chi connectivity index (χ0v) is 24.7. The van der Waals surface area contributed by atoms with Crippen molar-refractivity contribution < 1.29 is 66.1 Å². The Morgan fingerprint density at radius 2 is 1.62 bits per heavy atom. The van der Waals surface area contributed by atoms with Crippen molar-refractivity contribution in [3.63, 3.8) is 0 Å². The van der Waals surface area contributed by atoms with Crippen LogP contribution in [0.2, 0.25) is 5.02 Å². The number of aromatic nitrogens is 4. The number of carbonyl (C=O) groups is 2. The number of benzene rings is 1. The first-order valence-corrected chi connectivity index (χ1v) is 14.1. The molecule has 0 saturated heterocycles. The highest BCUT2D eigenvalue weighted by Crippen LogP contribution is 2.51. The van der Waals surface area contributed by atoms with Crippen molar-refractivity contribution >= 4 is 33.5 Å². The Balaban J connectivity index is 1.80. The third-order valence-corrected chi connectivity index (χ3v) is 8.60. The Labute approximate surface area is 261 Å². The number of nitrogens with zero attached hydrogens (tertiary/aromatic N) is 6. The van der Waals surface area contributed by atoms with Crippen molar-refractivity contribution in [3.8, 4) is 28.9 Å². The van der Waals surface area contributed by atoms with E-state index in [-0.39, 0.29) is 39.2 Å². The van der Waals surface area contributed by atoms with Crippen LogP contribution < -0.4 is 4.18 Å². The van der Waals surface area contributed by atoms with Gasteiger partial charge in [-0.3, -0.25) is 14.5 Å². The summed E-state index contributed by atoms with van der Waals surface area (Å²) in [5.41, 5.74) is -4.17. The number of hydrogen-bond acceptors (Lipinski definition) is 8. The van der Waals surface area contributed by atoms with Gasteiger partial charge in [0.25, 0.3) is 11.8 Å². The molecule has 1 saturated carbocycles. The molecule has 47 heavy (non-hydrogen) atoms. The van der Waals surface area contributed by atoms with E-state index >= 15 is 0 Å².